The fourth-order valence-corrected chi connectivity index (χ4v) is 4.08. The molecule has 0 radical (unpaired) electrons. The Hall–Kier alpha value is -2.66. The van der Waals surface area contributed by atoms with Crippen LogP contribution in [-0.2, 0) is 6.54 Å². The predicted molar refractivity (Wildman–Crippen MR) is 120 cm³/mol. The Balaban J connectivity index is 1.65. The lowest BCUT2D eigenvalue weighted by atomic mass is 10.0. The van der Waals surface area contributed by atoms with Gasteiger partial charge in [0.2, 0.25) is 0 Å². The van der Waals surface area contributed by atoms with Gasteiger partial charge in [-0.3, -0.25) is 0 Å². The molecule has 5 heteroatoms. The Morgan fingerprint density at radius 1 is 1.03 bits per heavy atom. The third-order valence-corrected chi connectivity index (χ3v) is 5.60. The zero-order valence-corrected chi connectivity index (χ0v) is 17.2. The van der Waals surface area contributed by atoms with Gasteiger partial charge in [-0.05, 0) is 48.1 Å². The fraction of sp³-hybridized carbons (Fsp3) is 0.208. The van der Waals surface area contributed by atoms with Crippen molar-refractivity contribution < 1.29 is 4.42 Å². The Morgan fingerprint density at radius 3 is 2.59 bits per heavy atom. The number of likely N-dealkylation sites (N-methyl/N-ethyl adjacent to an activating group) is 1. The van der Waals surface area contributed by atoms with E-state index in [1.807, 2.05) is 56.6 Å². The summed E-state index contributed by atoms with van der Waals surface area (Å²) < 4.78 is 5.45. The van der Waals surface area contributed by atoms with Gasteiger partial charge >= 0.3 is 5.63 Å². The van der Waals surface area contributed by atoms with E-state index in [9.17, 15) is 4.79 Å². The Bertz CT molecular complexity index is 1220. The summed E-state index contributed by atoms with van der Waals surface area (Å²) in [7, 11) is 4.07. The third-order valence-electron chi connectivity index (χ3n) is 5.26. The topological polar surface area (TPSA) is 45.5 Å². The number of hydrogen-bond acceptors (Lipinski definition) is 4. The van der Waals surface area contributed by atoms with Crippen LogP contribution in [0.3, 0.4) is 0 Å². The Morgan fingerprint density at radius 2 is 1.79 bits per heavy atom. The molecular weight excluding hydrogens is 384 g/mol. The minimum atomic E-state index is -0.333. The largest absolute Gasteiger partial charge is 0.423 e. The van der Waals surface area contributed by atoms with Crippen molar-refractivity contribution in [2.45, 2.75) is 12.6 Å². The van der Waals surface area contributed by atoms with Crippen LogP contribution in [0.1, 0.15) is 17.2 Å². The van der Waals surface area contributed by atoms with Crippen LogP contribution in [0.5, 0.6) is 0 Å². The van der Waals surface area contributed by atoms with Crippen molar-refractivity contribution in [1.82, 2.24) is 10.2 Å². The smallest absolute Gasteiger partial charge is 0.336 e. The maximum Gasteiger partial charge on any atom is 0.336 e. The number of fused-ring (bicyclic) bond motifs is 3. The minimum Gasteiger partial charge on any atom is -0.423 e. The number of benzene rings is 3. The van der Waals surface area contributed by atoms with Gasteiger partial charge in [0.15, 0.2) is 0 Å². The number of nitrogens with zero attached hydrogens (tertiary/aromatic N) is 1. The van der Waals surface area contributed by atoms with Crippen LogP contribution in [0.2, 0.25) is 5.02 Å². The van der Waals surface area contributed by atoms with Crippen molar-refractivity contribution >= 4 is 33.3 Å². The molecule has 1 aromatic heterocycles. The van der Waals surface area contributed by atoms with E-state index < -0.39 is 0 Å². The molecule has 0 saturated carbocycles. The van der Waals surface area contributed by atoms with E-state index in [0.717, 1.165) is 32.3 Å². The summed E-state index contributed by atoms with van der Waals surface area (Å²) in [6, 6.07) is 21.6. The van der Waals surface area contributed by atoms with Gasteiger partial charge in [0, 0.05) is 35.6 Å². The average molecular weight is 407 g/mol. The van der Waals surface area contributed by atoms with Gasteiger partial charge in [-0.25, -0.2) is 4.79 Å². The van der Waals surface area contributed by atoms with E-state index in [1.54, 1.807) is 6.07 Å². The summed E-state index contributed by atoms with van der Waals surface area (Å²) in [5, 5.41) is 7.45. The normalized spacial score (nSPS) is 12.7. The molecule has 4 rings (SSSR count). The first-order valence-electron chi connectivity index (χ1n) is 9.60. The summed E-state index contributed by atoms with van der Waals surface area (Å²) >= 11 is 6.42. The van der Waals surface area contributed by atoms with Gasteiger partial charge in [0.05, 0.1) is 0 Å². The van der Waals surface area contributed by atoms with Crippen LogP contribution in [0.25, 0.3) is 21.7 Å². The molecule has 0 amide bonds. The summed E-state index contributed by atoms with van der Waals surface area (Å²) in [4.78, 5) is 14.2. The first kappa shape index (κ1) is 19.6. The van der Waals surface area contributed by atoms with Crippen LogP contribution in [0, 0.1) is 0 Å². The minimum absolute atomic E-state index is 0.117. The highest BCUT2D eigenvalue weighted by Gasteiger charge is 2.17. The summed E-state index contributed by atoms with van der Waals surface area (Å²) in [5.41, 5.74) is 2.29. The van der Waals surface area contributed by atoms with Crippen molar-refractivity contribution in [3.05, 3.63) is 93.3 Å². The monoisotopic (exact) mass is 406 g/mol. The predicted octanol–water partition coefficient (Wildman–Crippen LogP) is 4.99. The molecule has 0 bridgehead atoms. The lowest BCUT2D eigenvalue weighted by Gasteiger charge is -2.26. The van der Waals surface area contributed by atoms with Gasteiger partial charge in [-0.2, -0.15) is 0 Å². The number of halogens is 1. The van der Waals surface area contributed by atoms with E-state index in [0.29, 0.717) is 18.7 Å². The van der Waals surface area contributed by atoms with Gasteiger partial charge < -0.3 is 14.6 Å². The number of rotatable bonds is 6. The number of hydrogen-bond donors (Lipinski definition) is 1. The van der Waals surface area contributed by atoms with Gasteiger partial charge in [-0.1, -0.05) is 60.1 Å². The van der Waals surface area contributed by atoms with E-state index >= 15 is 0 Å². The van der Waals surface area contributed by atoms with Crippen LogP contribution >= 0.6 is 11.6 Å². The van der Waals surface area contributed by atoms with Crippen molar-refractivity contribution in [3.8, 4) is 0 Å². The van der Waals surface area contributed by atoms with Crippen LogP contribution in [0.4, 0.5) is 0 Å². The standard InChI is InChI=1S/C24H23ClN2O2/c1-27(2)21(19-9-5-6-10-20(19)25)15-26-14-17-13-23(28)29-22-12-11-16-7-3-4-8-18(16)24(17)22/h3-13,21,26H,14-15H2,1-2H3/t21-/m0/s1. The second-order valence-corrected chi connectivity index (χ2v) is 7.79. The molecule has 0 aliphatic rings. The van der Waals surface area contributed by atoms with Crippen molar-refractivity contribution in [2.24, 2.45) is 0 Å². The van der Waals surface area contributed by atoms with E-state index in [4.69, 9.17) is 16.0 Å². The molecule has 29 heavy (non-hydrogen) atoms. The second kappa shape index (κ2) is 8.37. The molecule has 1 atom stereocenters. The lowest BCUT2D eigenvalue weighted by molar-refractivity contribution is 0.288. The van der Waals surface area contributed by atoms with Crippen molar-refractivity contribution in [1.29, 1.82) is 0 Å². The van der Waals surface area contributed by atoms with Gasteiger partial charge in [0.1, 0.15) is 5.58 Å². The summed E-state index contributed by atoms with van der Waals surface area (Å²) in [6.45, 7) is 1.26. The molecule has 4 nitrogen and oxygen atoms in total. The first-order valence-corrected chi connectivity index (χ1v) is 9.98. The van der Waals surface area contributed by atoms with Gasteiger partial charge in [-0.15, -0.1) is 0 Å². The van der Waals surface area contributed by atoms with Crippen LogP contribution < -0.4 is 10.9 Å². The fourth-order valence-electron chi connectivity index (χ4n) is 3.82. The highest BCUT2D eigenvalue weighted by atomic mass is 35.5. The maximum absolute atomic E-state index is 12.1. The van der Waals surface area contributed by atoms with E-state index in [-0.39, 0.29) is 11.7 Å². The number of nitrogens with one attached hydrogen (secondary N) is 1. The maximum atomic E-state index is 12.1. The van der Waals surface area contributed by atoms with Crippen molar-refractivity contribution in [2.75, 3.05) is 20.6 Å². The highest BCUT2D eigenvalue weighted by Crippen LogP contribution is 2.28. The summed E-state index contributed by atoms with van der Waals surface area (Å²) in [6.07, 6.45) is 0. The van der Waals surface area contributed by atoms with E-state index in [2.05, 4.69) is 28.4 Å². The lowest BCUT2D eigenvalue weighted by Crippen LogP contribution is -2.31. The van der Waals surface area contributed by atoms with Crippen LogP contribution in [-0.4, -0.2) is 25.5 Å². The molecule has 0 saturated heterocycles. The first-order chi connectivity index (χ1) is 14.0. The molecule has 148 valence electrons. The molecule has 0 spiro atoms. The summed E-state index contributed by atoms with van der Waals surface area (Å²) in [5.74, 6) is 0. The Kier molecular flexibility index (Phi) is 5.67. The molecule has 0 aliphatic heterocycles. The Labute approximate surface area is 174 Å². The molecular formula is C24H23ClN2O2. The second-order valence-electron chi connectivity index (χ2n) is 7.38. The molecule has 1 heterocycles. The molecule has 0 fully saturated rings. The van der Waals surface area contributed by atoms with Gasteiger partial charge in [0.25, 0.3) is 0 Å². The van der Waals surface area contributed by atoms with Crippen molar-refractivity contribution in [3.63, 3.8) is 0 Å². The van der Waals surface area contributed by atoms with Crippen LogP contribution in [0.15, 0.2) is 75.9 Å². The quantitative estimate of drug-likeness (QED) is 0.362. The molecule has 0 unspecified atom stereocenters. The van der Waals surface area contributed by atoms with E-state index in [1.165, 1.54) is 0 Å². The molecule has 1 N–H and O–H groups in total. The highest BCUT2D eigenvalue weighted by molar-refractivity contribution is 6.31. The molecule has 4 aromatic rings. The molecule has 0 aliphatic carbocycles. The zero-order valence-electron chi connectivity index (χ0n) is 16.5. The average Bonchev–Trinajstić information content (AvgIpc) is 2.71. The molecule has 3 aromatic carbocycles. The SMILES string of the molecule is CN(C)[C@@H](CNCc1cc(=O)oc2ccc3ccccc3c12)c1ccccc1Cl. The third kappa shape index (κ3) is 4.06. The zero-order chi connectivity index (χ0) is 20.4.